The van der Waals surface area contributed by atoms with Crippen molar-refractivity contribution in [1.82, 2.24) is 0 Å². The number of rotatable bonds is 1. The van der Waals surface area contributed by atoms with Crippen LogP contribution in [0.3, 0.4) is 0 Å². The maximum absolute atomic E-state index is 10.5. The van der Waals surface area contributed by atoms with Crippen LogP contribution in [0.5, 0.6) is 0 Å². The van der Waals surface area contributed by atoms with Crippen molar-refractivity contribution < 1.29 is 10.2 Å². The summed E-state index contributed by atoms with van der Waals surface area (Å²) in [5, 5.41) is 20.9. The second-order valence-corrected chi connectivity index (χ2v) is 6.96. The van der Waals surface area contributed by atoms with Gasteiger partial charge in [-0.05, 0) is 24.3 Å². The fourth-order valence-electron chi connectivity index (χ4n) is 3.47. The first kappa shape index (κ1) is 13.6. The summed E-state index contributed by atoms with van der Waals surface area (Å²) in [5.41, 5.74) is 0.291. The lowest BCUT2D eigenvalue weighted by atomic mass is 9.56. The molecule has 0 bridgehead atoms. The Hall–Kier alpha value is -0.860. The first-order chi connectivity index (χ1) is 8.17. The van der Waals surface area contributed by atoms with Gasteiger partial charge in [-0.25, -0.2) is 0 Å². The predicted octanol–water partition coefficient (Wildman–Crippen LogP) is 3.30. The average Bonchev–Trinajstić information content (AvgIpc) is 2.27. The van der Waals surface area contributed by atoms with Gasteiger partial charge in [0, 0.05) is 10.8 Å². The number of benzene rings is 1. The minimum Gasteiger partial charge on any atom is -0.365 e. The Morgan fingerprint density at radius 2 is 1.33 bits per heavy atom. The van der Waals surface area contributed by atoms with Crippen LogP contribution in [0.15, 0.2) is 30.3 Å². The second-order valence-electron chi connectivity index (χ2n) is 6.96. The summed E-state index contributed by atoms with van der Waals surface area (Å²) in [6.45, 7) is 7.79. The molecule has 0 amide bonds. The molecule has 2 heteroatoms. The monoisotopic (exact) mass is 248 g/mol. The molecule has 0 heterocycles. The summed E-state index contributed by atoms with van der Waals surface area (Å²) < 4.78 is 0. The Morgan fingerprint density at radius 1 is 0.889 bits per heavy atom. The molecule has 0 saturated heterocycles. The van der Waals surface area contributed by atoms with Gasteiger partial charge < -0.3 is 10.2 Å². The smallest absolute Gasteiger partial charge is 0.172 e. The Bertz CT molecular complexity index is 398. The maximum Gasteiger partial charge on any atom is 0.172 e. The van der Waals surface area contributed by atoms with Crippen LogP contribution in [-0.4, -0.2) is 16.0 Å². The molecule has 100 valence electrons. The molecule has 1 aromatic rings. The molecule has 2 rings (SSSR count). The Kier molecular flexibility index (Phi) is 3.07. The van der Waals surface area contributed by atoms with E-state index >= 15 is 0 Å². The lowest BCUT2D eigenvalue weighted by Gasteiger charge is -2.55. The Labute approximate surface area is 110 Å². The zero-order valence-electron chi connectivity index (χ0n) is 11.8. The van der Waals surface area contributed by atoms with Gasteiger partial charge in [-0.2, -0.15) is 0 Å². The van der Waals surface area contributed by atoms with Crippen molar-refractivity contribution in [3.05, 3.63) is 35.9 Å². The van der Waals surface area contributed by atoms with Gasteiger partial charge in [0.2, 0.25) is 0 Å². The summed E-state index contributed by atoms with van der Waals surface area (Å²) in [5.74, 6) is -1.23. The van der Waals surface area contributed by atoms with Gasteiger partial charge in [0.15, 0.2) is 5.79 Å². The fourth-order valence-corrected chi connectivity index (χ4v) is 3.47. The summed E-state index contributed by atoms with van der Waals surface area (Å²) >= 11 is 0. The number of hydrogen-bond donors (Lipinski definition) is 2. The Balaban J connectivity index is 2.35. The molecule has 1 saturated carbocycles. The van der Waals surface area contributed by atoms with E-state index in [1.165, 1.54) is 5.56 Å². The molecule has 1 aromatic carbocycles. The molecule has 0 aromatic heterocycles. The SMILES string of the molecule is CC1(C)CC(c2ccccc2)CC(C)(C)C1(O)O. The topological polar surface area (TPSA) is 40.5 Å². The third-order valence-electron chi connectivity index (χ3n) is 4.67. The van der Waals surface area contributed by atoms with Crippen LogP contribution in [-0.2, 0) is 0 Å². The molecule has 2 nitrogen and oxygen atoms in total. The van der Waals surface area contributed by atoms with Crippen molar-refractivity contribution >= 4 is 0 Å². The molecule has 0 aliphatic heterocycles. The zero-order valence-corrected chi connectivity index (χ0v) is 11.8. The van der Waals surface area contributed by atoms with E-state index in [1.54, 1.807) is 0 Å². The van der Waals surface area contributed by atoms with Crippen molar-refractivity contribution in [3.8, 4) is 0 Å². The molecule has 0 radical (unpaired) electrons. The van der Waals surface area contributed by atoms with E-state index in [4.69, 9.17) is 0 Å². The molecule has 1 aliphatic rings. The molecule has 1 aliphatic carbocycles. The molecule has 0 unspecified atom stereocenters. The van der Waals surface area contributed by atoms with Gasteiger partial charge in [0.05, 0.1) is 0 Å². The van der Waals surface area contributed by atoms with E-state index in [0.717, 1.165) is 12.8 Å². The summed E-state index contributed by atoms with van der Waals surface area (Å²) in [6.07, 6.45) is 1.60. The van der Waals surface area contributed by atoms with Crippen molar-refractivity contribution in [2.24, 2.45) is 10.8 Å². The van der Waals surface area contributed by atoms with E-state index in [0.29, 0.717) is 5.92 Å². The van der Waals surface area contributed by atoms with E-state index in [1.807, 2.05) is 33.8 Å². The molecular formula is C16H24O2. The number of hydrogen-bond acceptors (Lipinski definition) is 2. The first-order valence-corrected chi connectivity index (χ1v) is 6.67. The van der Waals surface area contributed by atoms with E-state index in [-0.39, 0.29) is 0 Å². The van der Waals surface area contributed by atoms with Crippen molar-refractivity contribution in [2.45, 2.75) is 52.2 Å². The number of aliphatic hydroxyl groups is 2. The van der Waals surface area contributed by atoms with Crippen LogP contribution in [0, 0.1) is 10.8 Å². The van der Waals surface area contributed by atoms with Gasteiger partial charge in [0.1, 0.15) is 0 Å². The lowest BCUT2D eigenvalue weighted by molar-refractivity contribution is -0.314. The van der Waals surface area contributed by atoms with Crippen LogP contribution in [0.25, 0.3) is 0 Å². The molecular weight excluding hydrogens is 224 g/mol. The summed E-state index contributed by atoms with van der Waals surface area (Å²) in [4.78, 5) is 0. The van der Waals surface area contributed by atoms with Crippen LogP contribution in [0.4, 0.5) is 0 Å². The summed E-state index contributed by atoms with van der Waals surface area (Å²) in [7, 11) is 0. The highest BCUT2D eigenvalue weighted by molar-refractivity contribution is 5.22. The van der Waals surface area contributed by atoms with Gasteiger partial charge in [0.25, 0.3) is 0 Å². The fraction of sp³-hybridized carbons (Fsp3) is 0.625. The molecule has 18 heavy (non-hydrogen) atoms. The van der Waals surface area contributed by atoms with E-state index < -0.39 is 16.6 Å². The molecule has 1 fully saturated rings. The Morgan fingerprint density at radius 3 is 1.78 bits per heavy atom. The highest BCUT2D eigenvalue weighted by atomic mass is 16.5. The lowest BCUT2D eigenvalue weighted by Crippen LogP contribution is -2.59. The van der Waals surface area contributed by atoms with Crippen LogP contribution >= 0.6 is 0 Å². The predicted molar refractivity (Wildman–Crippen MR) is 73.1 cm³/mol. The maximum atomic E-state index is 10.5. The van der Waals surface area contributed by atoms with Crippen LogP contribution < -0.4 is 0 Å². The van der Waals surface area contributed by atoms with Crippen molar-refractivity contribution in [1.29, 1.82) is 0 Å². The molecule has 0 atom stereocenters. The normalized spacial score (nSPS) is 25.9. The van der Waals surface area contributed by atoms with Gasteiger partial charge in [-0.1, -0.05) is 58.0 Å². The van der Waals surface area contributed by atoms with Gasteiger partial charge in [-0.15, -0.1) is 0 Å². The molecule has 2 N–H and O–H groups in total. The van der Waals surface area contributed by atoms with Gasteiger partial charge in [-0.3, -0.25) is 0 Å². The minimum absolute atomic E-state index is 0.392. The average molecular weight is 248 g/mol. The minimum atomic E-state index is -1.62. The standard InChI is InChI=1S/C16H24O2/c1-14(2)10-13(12-8-6-5-7-9-12)11-15(3,4)16(14,17)18/h5-9,13,17-18H,10-11H2,1-4H3. The van der Waals surface area contributed by atoms with Crippen LogP contribution in [0.2, 0.25) is 0 Å². The van der Waals surface area contributed by atoms with Crippen molar-refractivity contribution in [3.63, 3.8) is 0 Å². The second kappa shape index (κ2) is 4.07. The highest BCUT2D eigenvalue weighted by Crippen LogP contribution is 2.56. The third kappa shape index (κ3) is 1.98. The quantitative estimate of drug-likeness (QED) is 0.749. The third-order valence-corrected chi connectivity index (χ3v) is 4.67. The van der Waals surface area contributed by atoms with Crippen molar-refractivity contribution in [2.75, 3.05) is 0 Å². The highest BCUT2D eigenvalue weighted by Gasteiger charge is 2.57. The first-order valence-electron chi connectivity index (χ1n) is 6.67. The molecule has 0 spiro atoms. The summed E-state index contributed by atoms with van der Waals surface area (Å²) in [6, 6.07) is 10.4. The van der Waals surface area contributed by atoms with E-state index in [9.17, 15) is 10.2 Å². The zero-order chi connectivity index (χ0) is 13.6. The van der Waals surface area contributed by atoms with Gasteiger partial charge >= 0.3 is 0 Å². The van der Waals surface area contributed by atoms with E-state index in [2.05, 4.69) is 24.3 Å². The largest absolute Gasteiger partial charge is 0.365 e. The van der Waals surface area contributed by atoms with Crippen LogP contribution in [0.1, 0.15) is 52.0 Å².